The highest BCUT2D eigenvalue weighted by Gasteiger charge is 2.17. The molecule has 1 rings (SSSR count). The number of carbonyl (C=O) groups excluding carboxylic acids is 1. The lowest BCUT2D eigenvalue weighted by Gasteiger charge is -2.19. The number of alkyl halides is 1. The van der Waals surface area contributed by atoms with Crippen LogP contribution in [0.1, 0.15) is 17.3 Å². The SMILES string of the molecule is COc1ccc(C(=O)N(C)CC(C)Br)c(F)c1. The normalized spacial score (nSPS) is 12.1. The van der Waals surface area contributed by atoms with Gasteiger partial charge in [-0.25, -0.2) is 4.39 Å². The topological polar surface area (TPSA) is 29.5 Å². The van der Waals surface area contributed by atoms with E-state index in [0.29, 0.717) is 12.3 Å². The van der Waals surface area contributed by atoms with Crippen molar-refractivity contribution < 1.29 is 13.9 Å². The maximum atomic E-state index is 13.6. The van der Waals surface area contributed by atoms with Gasteiger partial charge in [0.1, 0.15) is 11.6 Å². The zero-order valence-corrected chi connectivity index (χ0v) is 11.6. The summed E-state index contributed by atoms with van der Waals surface area (Å²) in [6.07, 6.45) is 0. The molecule has 0 spiro atoms. The van der Waals surface area contributed by atoms with E-state index in [0.717, 1.165) is 0 Å². The van der Waals surface area contributed by atoms with Crippen molar-refractivity contribution in [3.63, 3.8) is 0 Å². The van der Waals surface area contributed by atoms with E-state index in [4.69, 9.17) is 4.74 Å². The molecule has 0 radical (unpaired) electrons. The number of halogens is 2. The summed E-state index contributed by atoms with van der Waals surface area (Å²) < 4.78 is 18.5. The Kier molecular flexibility index (Phi) is 4.93. The Morgan fingerprint density at radius 3 is 2.71 bits per heavy atom. The van der Waals surface area contributed by atoms with Crippen LogP contribution in [0, 0.1) is 5.82 Å². The lowest BCUT2D eigenvalue weighted by molar-refractivity contribution is 0.0792. The smallest absolute Gasteiger partial charge is 0.256 e. The molecule has 17 heavy (non-hydrogen) atoms. The highest BCUT2D eigenvalue weighted by Crippen LogP contribution is 2.17. The molecule has 0 aliphatic rings. The van der Waals surface area contributed by atoms with Crippen LogP contribution < -0.4 is 4.74 Å². The summed E-state index contributed by atoms with van der Waals surface area (Å²) in [7, 11) is 3.10. The van der Waals surface area contributed by atoms with Crippen LogP contribution in [0.2, 0.25) is 0 Å². The molecule has 0 heterocycles. The van der Waals surface area contributed by atoms with Crippen LogP contribution in [0.4, 0.5) is 4.39 Å². The predicted molar refractivity (Wildman–Crippen MR) is 68.3 cm³/mol. The van der Waals surface area contributed by atoms with E-state index in [1.807, 2.05) is 6.92 Å². The second kappa shape index (κ2) is 6.00. The van der Waals surface area contributed by atoms with Gasteiger partial charge in [-0.3, -0.25) is 4.79 Å². The lowest BCUT2D eigenvalue weighted by Crippen LogP contribution is -2.31. The number of ether oxygens (including phenoxy) is 1. The molecule has 94 valence electrons. The van der Waals surface area contributed by atoms with Crippen LogP contribution in [0.25, 0.3) is 0 Å². The van der Waals surface area contributed by atoms with Gasteiger partial charge in [0.25, 0.3) is 5.91 Å². The van der Waals surface area contributed by atoms with E-state index in [-0.39, 0.29) is 16.3 Å². The molecule has 0 fully saturated rings. The molecule has 0 saturated carbocycles. The quantitative estimate of drug-likeness (QED) is 0.801. The lowest BCUT2D eigenvalue weighted by atomic mass is 10.1. The van der Waals surface area contributed by atoms with Crippen molar-refractivity contribution in [2.24, 2.45) is 0 Å². The zero-order valence-electron chi connectivity index (χ0n) is 10.0. The van der Waals surface area contributed by atoms with Gasteiger partial charge in [-0.05, 0) is 12.1 Å². The summed E-state index contributed by atoms with van der Waals surface area (Å²) in [5.74, 6) is -0.504. The molecule has 5 heteroatoms. The first-order valence-corrected chi connectivity index (χ1v) is 6.10. The number of methoxy groups -OCH3 is 1. The van der Waals surface area contributed by atoms with Crippen molar-refractivity contribution in [3.8, 4) is 5.75 Å². The number of carbonyl (C=O) groups is 1. The van der Waals surface area contributed by atoms with Crippen molar-refractivity contribution in [1.29, 1.82) is 0 Å². The Hall–Kier alpha value is -1.10. The number of amides is 1. The Morgan fingerprint density at radius 2 is 2.24 bits per heavy atom. The maximum absolute atomic E-state index is 13.6. The average Bonchev–Trinajstić information content (AvgIpc) is 2.27. The summed E-state index contributed by atoms with van der Waals surface area (Å²) in [5.41, 5.74) is 0.0569. The zero-order chi connectivity index (χ0) is 13.0. The van der Waals surface area contributed by atoms with Gasteiger partial charge < -0.3 is 9.64 Å². The number of rotatable bonds is 4. The minimum Gasteiger partial charge on any atom is -0.497 e. The monoisotopic (exact) mass is 303 g/mol. The first kappa shape index (κ1) is 14.0. The minimum absolute atomic E-state index is 0.0569. The third kappa shape index (κ3) is 3.70. The summed E-state index contributed by atoms with van der Waals surface area (Å²) in [5, 5.41) is 0. The number of hydrogen-bond donors (Lipinski definition) is 0. The van der Waals surface area contributed by atoms with E-state index >= 15 is 0 Å². The second-order valence-electron chi connectivity index (χ2n) is 3.81. The van der Waals surface area contributed by atoms with Crippen molar-refractivity contribution in [2.45, 2.75) is 11.8 Å². The molecule has 0 aliphatic carbocycles. The van der Waals surface area contributed by atoms with Gasteiger partial charge in [0.05, 0.1) is 12.7 Å². The molecule has 0 aromatic heterocycles. The van der Waals surface area contributed by atoms with Gasteiger partial charge in [0, 0.05) is 24.5 Å². The number of benzene rings is 1. The highest BCUT2D eigenvalue weighted by atomic mass is 79.9. The molecule has 1 aromatic carbocycles. The first-order chi connectivity index (χ1) is 7.95. The van der Waals surface area contributed by atoms with Gasteiger partial charge in [-0.15, -0.1) is 0 Å². The number of hydrogen-bond acceptors (Lipinski definition) is 2. The highest BCUT2D eigenvalue weighted by molar-refractivity contribution is 9.09. The predicted octanol–water partition coefficient (Wildman–Crippen LogP) is 2.69. The Labute approximate surface area is 109 Å². The Morgan fingerprint density at radius 1 is 1.59 bits per heavy atom. The molecule has 0 aliphatic heterocycles. The van der Waals surface area contributed by atoms with Crippen LogP contribution in [-0.4, -0.2) is 36.3 Å². The maximum Gasteiger partial charge on any atom is 0.256 e. The largest absolute Gasteiger partial charge is 0.497 e. The van der Waals surface area contributed by atoms with Crippen molar-refractivity contribution in [1.82, 2.24) is 4.90 Å². The fourth-order valence-corrected chi connectivity index (χ4v) is 1.90. The van der Waals surface area contributed by atoms with Crippen LogP contribution in [0.3, 0.4) is 0 Å². The fourth-order valence-electron chi connectivity index (χ4n) is 1.46. The molecule has 1 atom stereocenters. The Balaban J connectivity index is 2.89. The summed E-state index contributed by atoms with van der Waals surface area (Å²) in [4.78, 5) is 13.6. The molecule has 0 N–H and O–H groups in total. The summed E-state index contributed by atoms with van der Waals surface area (Å²) in [6.45, 7) is 2.44. The van der Waals surface area contributed by atoms with Crippen molar-refractivity contribution >= 4 is 21.8 Å². The van der Waals surface area contributed by atoms with Gasteiger partial charge >= 0.3 is 0 Å². The van der Waals surface area contributed by atoms with Crippen LogP contribution >= 0.6 is 15.9 Å². The van der Waals surface area contributed by atoms with Crippen LogP contribution in [0.15, 0.2) is 18.2 Å². The molecule has 0 bridgehead atoms. The first-order valence-electron chi connectivity index (χ1n) is 5.18. The number of nitrogens with zero attached hydrogens (tertiary/aromatic N) is 1. The average molecular weight is 304 g/mol. The molecule has 0 saturated heterocycles. The molecular formula is C12H15BrFNO2. The van der Waals surface area contributed by atoms with E-state index in [9.17, 15) is 9.18 Å². The second-order valence-corrected chi connectivity index (χ2v) is 5.38. The Bertz CT molecular complexity index is 409. The molecule has 1 amide bonds. The fraction of sp³-hybridized carbons (Fsp3) is 0.417. The minimum atomic E-state index is -0.566. The van der Waals surface area contributed by atoms with Crippen molar-refractivity contribution in [3.05, 3.63) is 29.6 Å². The van der Waals surface area contributed by atoms with Gasteiger partial charge in [-0.1, -0.05) is 22.9 Å². The molecule has 3 nitrogen and oxygen atoms in total. The molecule has 1 aromatic rings. The van der Waals surface area contributed by atoms with E-state index in [2.05, 4.69) is 15.9 Å². The third-order valence-electron chi connectivity index (χ3n) is 2.28. The van der Waals surface area contributed by atoms with Crippen LogP contribution in [0.5, 0.6) is 5.75 Å². The standard InChI is InChI=1S/C12H15BrFNO2/c1-8(13)7-15(2)12(16)10-5-4-9(17-3)6-11(10)14/h4-6,8H,7H2,1-3H3. The van der Waals surface area contributed by atoms with Gasteiger partial charge in [-0.2, -0.15) is 0 Å². The van der Waals surface area contributed by atoms with E-state index < -0.39 is 5.82 Å². The third-order valence-corrected chi connectivity index (χ3v) is 2.57. The van der Waals surface area contributed by atoms with E-state index in [1.165, 1.54) is 24.1 Å². The summed E-state index contributed by atoms with van der Waals surface area (Å²) >= 11 is 3.35. The van der Waals surface area contributed by atoms with Crippen molar-refractivity contribution in [2.75, 3.05) is 20.7 Å². The summed E-state index contributed by atoms with van der Waals surface area (Å²) in [6, 6.07) is 4.21. The van der Waals surface area contributed by atoms with Crippen LogP contribution in [-0.2, 0) is 0 Å². The van der Waals surface area contributed by atoms with Gasteiger partial charge in [0.2, 0.25) is 0 Å². The molecule has 1 unspecified atom stereocenters. The van der Waals surface area contributed by atoms with Gasteiger partial charge in [0.15, 0.2) is 0 Å². The molecular weight excluding hydrogens is 289 g/mol. The van der Waals surface area contributed by atoms with E-state index in [1.54, 1.807) is 13.1 Å².